The van der Waals surface area contributed by atoms with Crippen LogP contribution in [0.1, 0.15) is 21.8 Å². The fourth-order valence-corrected chi connectivity index (χ4v) is 5.82. The molecular weight excluding hydrogens is 605 g/mol. The molecule has 1 heterocycles. The molecule has 32 heavy (non-hydrogen) atoms. The summed E-state index contributed by atoms with van der Waals surface area (Å²) in [6.07, 6.45) is 0. The minimum Gasteiger partial charge on any atom is -0.326 e. The Kier molecular flexibility index (Phi) is 6.94. The first-order valence-electron chi connectivity index (χ1n) is 8.81. The summed E-state index contributed by atoms with van der Waals surface area (Å²) < 4.78 is -0.804. The fourth-order valence-electron chi connectivity index (χ4n) is 3.24. The molecule has 1 fully saturated rings. The molecule has 13 heteroatoms. The SMILES string of the molecule is O=C(Nc1nnc(Br)s1)c1cc(NC(=O)[C@H]2[C@H](c3cc(Cl)cc(Cl)c3)C2(Cl)Cl)ccc1Cl. The van der Waals surface area contributed by atoms with Crippen molar-refractivity contribution in [1.82, 2.24) is 10.2 Å². The Morgan fingerprint density at radius 3 is 2.31 bits per heavy atom. The molecule has 6 nitrogen and oxygen atoms in total. The lowest BCUT2D eigenvalue weighted by molar-refractivity contribution is -0.117. The number of alkyl halides is 2. The monoisotopic (exact) mass is 612 g/mol. The minimum absolute atomic E-state index is 0.146. The molecule has 4 rings (SSSR count). The third kappa shape index (κ3) is 5.01. The molecule has 0 saturated heterocycles. The molecule has 2 amide bonds. The normalized spacial score (nSPS) is 18.8. The zero-order valence-corrected chi connectivity index (χ0v) is 21.7. The van der Waals surface area contributed by atoms with E-state index in [0.717, 1.165) is 11.3 Å². The van der Waals surface area contributed by atoms with Gasteiger partial charge in [0.2, 0.25) is 11.0 Å². The van der Waals surface area contributed by atoms with Crippen LogP contribution in [-0.2, 0) is 4.79 Å². The number of hydrogen-bond acceptors (Lipinski definition) is 5. The Bertz CT molecular complexity index is 1220. The summed E-state index contributed by atoms with van der Waals surface area (Å²) in [6, 6.07) is 9.43. The predicted octanol–water partition coefficient (Wildman–Crippen LogP) is 7.04. The first kappa shape index (κ1) is 24.0. The fraction of sp³-hybridized carbons (Fsp3) is 0.158. The van der Waals surface area contributed by atoms with Crippen molar-refractivity contribution in [3.05, 3.63) is 66.5 Å². The van der Waals surface area contributed by atoms with Gasteiger partial charge in [0.05, 0.1) is 16.5 Å². The number of benzene rings is 2. The van der Waals surface area contributed by atoms with Crippen molar-refractivity contribution in [1.29, 1.82) is 0 Å². The number of aromatic nitrogens is 2. The van der Waals surface area contributed by atoms with Crippen LogP contribution < -0.4 is 10.6 Å². The largest absolute Gasteiger partial charge is 0.326 e. The molecular formula is C19H10BrCl5N4O2S. The lowest BCUT2D eigenvalue weighted by atomic mass is 10.1. The highest BCUT2D eigenvalue weighted by Crippen LogP contribution is 2.65. The molecule has 0 bridgehead atoms. The van der Waals surface area contributed by atoms with Crippen LogP contribution in [0.4, 0.5) is 10.8 Å². The molecule has 166 valence electrons. The van der Waals surface area contributed by atoms with Crippen molar-refractivity contribution < 1.29 is 9.59 Å². The van der Waals surface area contributed by atoms with E-state index in [1.165, 1.54) is 12.1 Å². The van der Waals surface area contributed by atoms with Crippen molar-refractivity contribution in [3.8, 4) is 0 Å². The van der Waals surface area contributed by atoms with Crippen molar-refractivity contribution in [2.75, 3.05) is 10.6 Å². The molecule has 1 aliphatic carbocycles. The topological polar surface area (TPSA) is 84.0 Å². The summed E-state index contributed by atoms with van der Waals surface area (Å²) >= 11 is 35.4. The van der Waals surface area contributed by atoms with Crippen LogP contribution in [0, 0.1) is 5.92 Å². The second-order valence-electron chi connectivity index (χ2n) is 6.83. The Morgan fingerprint density at radius 2 is 1.69 bits per heavy atom. The van der Waals surface area contributed by atoms with Gasteiger partial charge < -0.3 is 5.32 Å². The van der Waals surface area contributed by atoms with Gasteiger partial charge in [-0.15, -0.1) is 33.4 Å². The molecule has 2 aromatic carbocycles. The van der Waals surface area contributed by atoms with Crippen LogP contribution in [0.3, 0.4) is 0 Å². The zero-order chi connectivity index (χ0) is 23.2. The third-order valence-electron chi connectivity index (χ3n) is 4.68. The minimum atomic E-state index is -1.32. The number of rotatable bonds is 5. The van der Waals surface area contributed by atoms with Gasteiger partial charge in [-0.05, 0) is 57.9 Å². The summed E-state index contributed by atoms with van der Waals surface area (Å²) in [7, 11) is 0. The first-order valence-corrected chi connectivity index (χ1v) is 12.3. The van der Waals surface area contributed by atoms with E-state index in [9.17, 15) is 9.59 Å². The second-order valence-corrected chi connectivity index (χ2v) is 11.8. The van der Waals surface area contributed by atoms with Gasteiger partial charge in [0.1, 0.15) is 4.33 Å². The van der Waals surface area contributed by atoms with Crippen LogP contribution >= 0.6 is 85.3 Å². The van der Waals surface area contributed by atoms with E-state index in [2.05, 4.69) is 36.8 Å². The van der Waals surface area contributed by atoms with E-state index >= 15 is 0 Å². The van der Waals surface area contributed by atoms with Crippen LogP contribution in [0.15, 0.2) is 40.3 Å². The first-order chi connectivity index (χ1) is 15.1. The maximum atomic E-state index is 12.9. The molecule has 3 aromatic rings. The standard InChI is InChI=1S/C19H10BrCl5N4O2S/c20-17-28-29-18(32-17)27-15(30)11-6-10(1-2-12(11)23)26-16(31)14-13(19(14,24)25)7-3-8(21)5-9(22)4-7/h1-6,13-14H,(H,26,31)(H,27,29,30)/t13-,14+/m0/s1. The van der Waals surface area contributed by atoms with E-state index in [4.69, 9.17) is 58.0 Å². The van der Waals surface area contributed by atoms with Gasteiger partial charge in [-0.3, -0.25) is 14.9 Å². The van der Waals surface area contributed by atoms with Gasteiger partial charge in [-0.2, -0.15) is 0 Å². The van der Waals surface area contributed by atoms with Gasteiger partial charge in [0.15, 0.2) is 3.92 Å². The quantitative estimate of drug-likeness (QED) is 0.302. The molecule has 0 unspecified atom stereocenters. The number of nitrogens with zero attached hydrogens (tertiary/aromatic N) is 2. The third-order valence-corrected chi connectivity index (χ3v) is 7.66. The summed E-state index contributed by atoms with van der Waals surface area (Å²) in [5, 5.41) is 14.2. The number of nitrogens with one attached hydrogen (secondary N) is 2. The maximum Gasteiger partial charge on any atom is 0.259 e. The molecule has 1 aliphatic rings. The molecule has 0 spiro atoms. The van der Waals surface area contributed by atoms with Crippen molar-refractivity contribution in [2.24, 2.45) is 5.92 Å². The van der Waals surface area contributed by atoms with E-state index in [1.807, 2.05) is 0 Å². The van der Waals surface area contributed by atoms with E-state index < -0.39 is 28.0 Å². The molecule has 2 N–H and O–H groups in total. The van der Waals surface area contributed by atoms with Gasteiger partial charge in [-0.25, -0.2) is 0 Å². The van der Waals surface area contributed by atoms with Crippen LogP contribution in [0.2, 0.25) is 15.1 Å². The number of anilines is 2. The van der Waals surface area contributed by atoms with Crippen molar-refractivity contribution in [2.45, 2.75) is 10.3 Å². The lowest BCUT2D eigenvalue weighted by Gasteiger charge is -2.09. The Balaban J connectivity index is 1.51. The lowest BCUT2D eigenvalue weighted by Crippen LogP contribution is -2.18. The Morgan fingerprint density at radius 1 is 1.00 bits per heavy atom. The summed E-state index contributed by atoms with van der Waals surface area (Å²) in [6.45, 7) is 0. The van der Waals surface area contributed by atoms with Crippen molar-refractivity contribution >= 4 is 108 Å². The molecule has 1 aromatic heterocycles. The number of hydrogen-bond donors (Lipinski definition) is 2. The summed E-state index contributed by atoms with van der Waals surface area (Å²) in [5.41, 5.74) is 1.15. The zero-order valence-electron chi connectivity index (χ0n) is 15.5. The second kappa shape index (κ2) is 9.25. The number of carbonyl (C=O) groups excluding carboxylic acids is 2. The molecule has 1 saturated carbocycles. The Hall–Kier alpha value is -1.13. The highest BCUT2D eigenvalue weighted by atomic mass is 79.9. The van der Waals surface area contributed by atoms with Gasteiger partial charge in [-0.1, -0.05) is 46.1 Å². The Labute approximate surface area is 219 Å². The summed E-state index contributed by atoms with van der Waals surface area (Å²) in [5.74, 6) is -2.16. The van der Waals surface area contributed by atoms with Gasteiger partial charge in [0.25, 0.3) is 5.91 Å². The summed E-state index contributed by atoms with van der Waals surface area (Å²) in [4.78, 5) is 25.5. The maximum absolute atomic E-state index is 12.9. The van der Waals surface area contributed by atoms with E-state index in [1.54, 1.807) is 24.3 Å². The van der Waals surface area contributed by atoms with Crippen LogP contribution in [0.25, 0.3) is 0 Å². The van der Waals surface area contributed by atoms with Gasteiger partial charge in [0, 0.05) is 21.7 Å². The van der Waals surface area contributed by atoms with E-state index in [-0.39, 0.29) is 10.6 Å². The predicted molar refractivity (Wildman–Crippen MR) is 133 cm³/mol. The van der Waals surface area contributed by atoms with Crippen LogP contribution in [0.5, 0.6) is 0 Å². The molecule has 2 atom stereocenters. The van der Waals surface area contributed by atoms with E-state index in [0.29, 0.717) is 30.3 Å². The molecule has 0 aliphatic heterocycles. The average Bonchev–Trinajstić information content (AvgIpc) is 3.05. The smallest absolute Gasteiger partial charge is 0.259 e. The molecule has 0 radical (unpaired) electrons. The van der Waals surface area contributed by atoms with Crippen molar-refractivity contribution in [3.63, 3.8) is 0 Å². The number of carbonyl (C=O) groups is 2. The van der Waals surface area contributed by atoms with Crippen LogP contribution in [-0.4, -0.2) is 26.3 Å². The highest BCUT2D eigenvalue weighted by molar-refractivity contribution is 9.11. The highest BCUT2D eigenvalue weighted by Gasteiger charge is 2.67. The van der Waals surface area contributed by atoms with Gasteiger partial charge >= 0.3 is 0 Å². The average molecular weight is 616 g/mol. The number of amides is 2. The number of halogens is 6.